The van der Waals surface area contributed by atoms with Gasteiger partial charge in [-0.2, -0.15) is 0 Å². The number of hydrogen-bond acceptors (Lipinski definition) is 4. The third-order valence-corrected chi connectivity index (χ3v) is 2.31. The molecule has 0 radical (unpaired) electrons. The zero-order valence-corrected chi connectivity index (χ0v) is 8.86. The zero-order valence-electron chi connectivity index (χ0n) is 8.86. The van der Waals surface area contributed by atoms with Crippen LogP contribution in [0.1, 0.15) is 24.4 Å². The molecule has 15 heavy (non-hydrogen) atoms. The maximum atomic E-state index is 5.55. The molecular formula is C11H14N2O2. The zero-order chi connectivity index (χ0) is 10.8. The van der Waals surface area contributed by atoms with E-state index >= 15 is 0 Å². The number of nitrogens with two attached hydrogens (primary N) is 1. The van der Waals surface area contributed by atoms with E-state index in [4.69, 9.17) is 14.6 Å². The smallest absolute Gasteiger partial charge is 0.263 e. The summed E-state index contributed by atoms with van der Waals surface area (Å²) in [6.45, 7) is 4.43. The van der Waals surface area contributed by atoms with E-state index in [1.165, 1.54) is 0 Å². The second-order valence-electron chi connectivity index (χ2n) is 3.61. The number of furan rings is 1. The normalized spacial score (nSPS) is 13.0. The maximum Gasteiger partial charge on any atom is 0.263 e. The predicted molar refractivity (Wildman–Crippen MR) is 56.4 cm³/mol. The van der Waals surface area contributed by atoms with E-state index in [-0.39, 0.29) is 5.92 Å². The number of rotatable bonds is 3. The summed E-state index contributed by atoms with van der Waals surface area (Å²) in [4.78, 5) is 4.15. The fraction of sp³-hybridized carbons (Fsp3) is 0.364. The highest BCUT2D eigenvalue weighted by Crippen LogP contribution is 2.24. The predicted octanol–water partition coefficient (Wildman–Crippen LogP) is 2.31. The summed E-state index contributed by atoms with van der Waals surface area (Å²) in [6.07, 6.45) is 1.70. The molecule has 4 heteroatoms. The highest BCUT2D eigenvalue weighted by molar-refractivity contribution is 5.44. The van der Waals surface area contributed by atoms with Gasteiger partial charge in [0.15, 0.2) is 5.76 Å². The van der Waals surface area contributed by atoms with E-state index in [2.05, 4.69) is 4.98 Å². The Morgan fingerprint density at radius 2 is 2.20 bits per heavy atom. The highest BCUT2D eigenvalue weighted by atomic mass is 16.4. The van der Waals surface area contributed by atoms with Gasteiger partial charge in [0.1, 0.15) is 11.5 Å². The Labute approximate surface area is 88.1 Å². The Morgan fingerprint density at radius 3 is 2.80 bits per heavy atom. The van der Waals surface area contributed by atoms with E-state index in [1.54, 1.807) is 6.20 Å². The molecule has 0 saturated carbocycles. The Morgan fingerprint density at radius 1 is 1.40 bits per heavy atom. The van der Waals surface area contributed by atoms with Crippen molar-refractivity contribution >= 4 is 0 Å². The monoisotopic (exact) mass is 206 g/mol. The van der Waals surface area contributed by atoms with Gasteiger partial charge in [-0.05, 0) is 19.1 Å². The summed E-state index contributed by atoms with van der Waals surface area (Å²) in [5.74, 6) is 2.99. The van der Waals surface area contributed by atoms with Gasteiger partial charge in [0, 0.05) is 12.5 Å². The highest BCUT2D eigenvalue weighted by Gasteiger charge is 2.13. The van der Waals surface area contributed by atoms with Crippen LogP contribution in [0.3, 0.4) is 0 Å². The minimum atomic E-state index is 0.183. The van der Waals surface area contributed by atoms with Gasteiger partial charge in [-0.3, -0.25) is 0 Å². The molecule has 0 amide bonds. The number of aromatic nitrogens is 1. The van der Waals surface area contributed by atoms with Gasteiger partial charge in [-0.15, -0.1) is 0 Å². The van der Waals surface area contributed by atoms with Gasteiger partial charge < -0.3 is 14.6 Å². The van der Waals surface area contributed by atoms with E-state index in [0.717, 1.165) is 11.5 Å². The summed E-state index contributed by atoms with van der Waals surface area (Å²) < 4.78 is 11.0. The molecule has 2 aromatic rings. The largest absolute Gasteiger partial charge is 0.456 e. The van der Waals surface area contributed by atoms with E-state index in [1.807, 2.05) is 26.0 Å². The molecule has 1 unspecified atom stereocenters. The van der Waals surface area contributed by atoms with Gasteiger partial charge in [-0.1, -0.05) is 6.92 Å². The summed E-state index contributed by atoms with van der Waals surface area (Å²) in [6, 6.07) is 3.73. The molecule has 0 aliphatic heterocycles. The van der Waals surface area contributed by atoms with Crippen molar-refractivity contribution in [3.05, 3.63) is 29.9 Å². The standard InChI is InChI=1S/C11H14N2O2/c1-7(5-12)10-6-13-11(15-10)9-4-3-8(2)14-9/h3-4,6-7H,5,12H2,1-2H3. The van der Waals surface area contributed by atoms with Crippen molar-refractivity contribution < 1.29 is 8.83 Å². The molecule has 0 aromatic carbocycles. The molecule has 80 valence electrons. The molecular weight excluding hydrogens is 192 g/mol. The van der Waals surface area contributed by atoms with Crippen molar-refractivity contribution in [3.8, 4) is 11.7 Å². The second-order valence-corrected chi connectivity index (χ2v) is 3.61. The van der Waals surface area contributed by atoms with Gasteiger partial charge in [0.05, 0.1) is 6.20 Å². The summed E-state index contributed by atoms with van der Waals surface area (Å²) >= 11 is 0. The average Bonchev–Trinajstić information content (AvgIpc) is 2.84. The van der Waals surface area contributed by atoms with Crippen LogP contribution >= 0.6 is 0 Å². The lowest BCUT2D eigenvalue weighted by molar-refractivity contribution is 0.459. The molecule has 0 fully saturated rings. The van der Waals surface area contributed by atoms with Crippen LogP contribution in [0, 0.1) is 6.92 Å². The lowest BCUT2D eigenvalue weighted by Gasteiger charge is -2.01. The molecule has 2 aromatic heterocycles. The van der Waals surface area contributed by atoms with Crippen LogP contribution < -0.4 is 5.73 Å². The lowest BCUT2D eigenvalue weighted by atomic mass is 10.1. The van der Waals surface area contributed by atoms with Crippen LogP contribution in [0.2, 0.25) is 0 Å². The first-order valence-corrected chi connectivity index (χ1v) is 4.93. The lowest BCUT2D eigenvalue weighted by Crippen LogP contribution is -2.07. The molecule has 0 aliphatic rings. The fourth-order valence-electron chi connectivity index (χ4n) is 1.29. The van der Waals surface area contributed by atoms with Crippen LogP contribution in [0.15, 0.2) is 27.2 Å². The van der Waals surface area contributed by atoms with Crippen molar-refractivity contribution in [1.29, 1.82) is 0 Å². The first-order chi connectivity index (χ1) is 7.20. The number of hydrogen-bond donors (Lipinski definition) is 1. The summed E-state index contributed by atoms with van der Waals surface area (Å²) in [5.41, 5.74) is 5.54. The molecule has 0 saturated heterocycles. The van der Waals surface area contributed by atoms with Crippen molar-refractivity contribution in [1.82, 2.24) is 4.98 Å². The molecule has 0 spiro atoms. The number of nitrogens with zero attached hydrogens (tertiary/aromatic N) is 1. The van der Waals surface area contributed by atoms with Crippen molar-refractivity contribution in [2.24, 2.45) is 5.73 Å². The minimum Gasteiger partial charge on any atom is -0.456 e. The number of oxazole rings is 1. The Kier molecular flexibility index (Phi) is 2.60. The molecule has 4 nitrogen and oxygen atoms in total. The first-order valence-electron chi connectivity index (χ1n) is 4.93. The molecule has 2 rings (SSSR count). The van der Waals surface area contributed by atoms with E-state index in [0.29, 0.717) is 18.2 Å². The molecule has 1 atom stereocenters. The van der Waals surface area contributed by atoms with Gasteiger partial charge in [0.2, 0.25) is 0 Å². The minimum absolute atomic E-state index is 0.183. The van der Waals surface area contributed by atoms with Crippen LogP contribution in [0.25, 0.3) is 11.7 Å². The molecule has 2 N–H and O–H groups in total. The number of aryl methyl sites for hydroxylation is 1. The van der Waals surface area contributed by atoms with Gasteiger partial charge >= 0.3 is 0 Å². The Bertz CT molecular complexity index is 445. The van der Waals surface area contributed by atoms with Crippen molar-refractivity contribution in [2.75, 3.05) is 6.54 Å². The Hall–Kier alpha value is -1.55. The fourth-order valence-corrected chi connectivity index (χ4v) is 1.29. The average molecular weight is 206 g/mol. The Balaban J connectivity index is 2.27. The molecule has 0 aliphatic carbocycles. The van der Waals surface area contributed by atoms with Crippen LogP contribution in [0.4, 0.5) is 0 Å². The van der Waals surface area contributed by atoms with Crippen LogP contribution in [-0.4, -0.2) is 11.5 Å². The van der Waals surface area contributed by atoms with Gasteiger partial charge in [0.25, 0.3) is 5.89 Å². The van der Waals surface area contributed by atoms with E-state index in [9.17, 15) is 0 Å². The third kappa shape index (κ3) is 1.94. The topological polar surface area (TPSA) is 65.2 Å². The maximum absolute atomic E-state index is 5.55. The van der Waals surface area contributed by atoms with E-state index < -0.39 is 0 Å². The van der Waals surface area contributed by atoms with Crippen LogP contribution in [0.5, 0.6) is 0 Å². The van der Waals surface area contributed by atoms with Crippen molar-refractivity contribution in [3.63, 3.8) is 0 Å². The second kappa shape index (κ2) is 3.90. The van der Waals surface area contributed by atoms with Crippen molar-refractivity contribution in [2.45, 2.75) is 19.8 Å². The summed E-state index contributed by atoms with van der Waals surface area (Å²) in [7, 11) is 0. The third-order valence-electron chi connectivity index (χ3n) is 2.31. The summed E-state index contributed by atoms with van der Waals surface area (Å²) in [5, 5.41) is 0. The first kappa shape index (κ1) is 9.98. The molecule has 0 bridgehead atoms. The van der Waals surface area contributed by atoms with Gasteiger partial charge in [-0.25, -0.2) is 4.98 Å². The quantitative estimate of drug-likeness (QED) is 0.836. The molecule has 2 heterocycles. The van der Waals surface area contributed by atoms with Crippen LogP contribution in [-0.2, 0) is 0 Å². The SMILES string of the molecule is Cc1ccc(-c2ncc(C(C)CN)o2)o1.